The number of hydrogen-bond donors (Lipinski definition) is 0. The van der Waals surface area contributed by atoms with Crippen LogP contribution in [0, 0.1) is 0 Å². The molecular weight excluding hydrogens is 276 g/mol. The van der Waals surface area contributed by atoms with Gasteiger partial charge in [-0.15, -0.1) is 5.10 Å². The molecule has 2 rings (SSSR count). The van der Waals surface area contributed by atoms with Crippen LogP contribution < -0.4 is 0 Å². The zero-order chi connectivity index (χ0) is 14.4. The van der Waals surface area contributed by atoms with Gasteiger partial charge in [-0.25, -0.2) is 4.68 Å². The van der Waals surface area contributed by atoms with Gasteiger partial charge in [0.1, 0.15) is 5.25 Å². The molecule has 1 saturated carbocycles. The van der Waals surface area contributed by atoms with Gasteiger partial charge in [-0.2, -0.15) is 0 Å². The van der Waals surface area contributed by atoms with Crippen LogP contribution in [0.2, 0.25) is 0 Å². The minimum absolute atomic E-state index is 0.190. The summed E-state index contributed by atoms with van der Waals surface area (Å²) < 4.78 is 7.09. The molecule has 6 nitrogen and oxygen atoms in total. The molecule has 0 spiro atoms. The van der Waals surface area contributed by atoms with E-state index in [0.717, 1.165) is 30.8 Å². The standard InChI is InChI=1S/C13H22N4O2S/c1-3-4-9-19-12(18)10(2)20-13-14-15-16-17(13)11-7-5-6-8-11/h10-11H,3-9H2,1-2H3. The number of aromatic nitrogens is 4. The van der Waals surface area contributed by atoms with Gasteiger partial charge in [-0.3, -0.25) is 4.79 Å². The van der Waals surface area contributed by atoms with Crippen LogP contribution in [0.3, 0.4) is 0 Å². The second-order valence-corrected chi connectivity index (χ2v) is 6.43. The third-order valence-corrected chi connectivity index (χ3v) is 4.52. The van der Waals surface area contributed by atoms with Crippen molar-refractivity contribution in [2.45, 2.75) is 68.8 Å². The highest BCUT2D eigenvalue weighted by atomic mass is 32.2. The lowest BCUT2D eigenvalue weighted by atomic mass is 10.3. The maximum atomic E-state index is 11.9. The fourth-order valence-corrected chi connectivity index (χ4v) is 3.14. The molecule has 7 heteroatoms. The molecule has 1 aliphatic carbocycles. The molecule has 1 atom stereocenters. The molecule has 0 aliphatic heterocycles. The third kappa shape index (κ3) is 3.94. The smallest absolute Gasteiger partial charge is 0.319 e. The van der Waals surface area contributed by atoms with Gasteiger partial charge in [0.05, 0.1) is 12.6 Å². The molecule has 1 fully saturated rings. The van der Waals surface area contributed by atoms with E-state index in [9.17, 15) is 4.79 Å². The first kappa shape index (κ1) is 15.3. The molecule has 0 saturated heterocycles. The largest absolute Gasteiger partial charge is 0.465 e. The summed E-state index contributed by atoms with van der Waals surface area (Å²) in [6.45, 7) is 4.40. The van der Waals surface area contributed by atoms with Crippen LogP contribution in [0.25, 0.3) is 0 Å². The summed E-state index contributed by atoms with van der Waals surface area (Å²) in [5, 5.41) is 12.3. The van der Waals surface area contributed by atoms with Crippen LogP contribution in [-0.2, 0) is 9.53 Å². The highest BCUT2D eigenvalue weighted by Crippen LogP contribution is 2.32. The van der Waals surface area contributed by atoms with Crippen LogP contribution in [-0.4, -0.2) is 38.0 Å². The molecular formula is C13H22N4O2S. The molecule has 1 heterocycles. The Kier molecular flexibility index (Phi) is 5.82. The predicted molar refractivity (Wildman–Crippen MR) is 76.5 cm³/mol. The van der Waals surface area contributed by atoms with Crippen molar-refractivity contribution in [2.75, 3.05) is 6.61 Å². The lowest BCUT2D eigenvalue weighted by molar-refractivity contribution is -0.142. The quantitative estimate of drug-likeness (QED) is 0.438. The average molecular weight is 298 g/mol. The van der Waals surface area contributed by atoms with E-state index < -0.39 is 0 Å². The van der Waals surface area contributed by atoms with Crippen LogP contribution >= 0.6 is 11.8 Å². The third-order valence-electron chi connectivity index (χ3n) is 3.49. The number of thioether (sulfide) groups is 1. The van der Waals surface area contributed by atoms with Crippen molar-refractivity contribution in [3.05, 3.63) is 0 Å². The summed E-state index contributed by atoms with van der Waals surface area (Å²) in [4.78, 5) is 11.9. The van der Waals surface area contributed by atoms with Gasteiger partial charge in [0.2, 0.25) is 5.16 Å². The van der Waals surface area contributed by atoms with Gasteiger partial charge >= 0.3 is 5.97 Å². The zero-order valence-corrected chi connectivity index (χ0v) is 12.9. The number of carbonyl (C=O) groups is 1. The normalized spacial score (nSPS) is 17.3. The summed E-state index contributed by atoms with van der Waals surface area (Å²) in [5.74, 6) is -0.190. The lowest BCUT2D eigenvalue weighted by Gasteiger charge is -2.13. The number of carbonyl (C=O) groups excluding carboxylic acids is 1. The Morgan fingerprint density at radius 3 is 2.95 bits per heavy atom. The number of hydrogen-bond acceptors (Lipinski definition) is 6. The van der Waals surface area contributed by atoms with E-state index in [1.165, 1.54) is 24.6 Å². The molecule has 20 heavy (non-hydrogen) atoms. The summed E-state index contributed by atoms with van der Waals surface area (Å²) in [6.07, 6.45) is 6.62. The van der Waals surface area contributed by atoms with Crippen molar-refractivity contribution in [3.8, 4) is 0 Å². The van der Waals surface area contributed by atoms with Gasteiger partial charge in [-0.1, -0.05) is 37.9 Å². The molecule has 0 bridgehead atoms. The number of unbranched alkanes of at least 4 members (excludes halogenated alkanes) is 1. The molecule has 1 unspecified atom stereocenters. The Labute approximate surface area is 123 Å². The molecule has 1 aliphatic rings. The molecule has 1 aromatic rings. The molecule has 1 aromatic heterocycles. The number of rotatable bonds is 7. The summed E-state index contributed by atoms with van der Waals surface area (Å²) >= 11 is 1.38. The van der Waals surface area contributed by atoms with Gasteiger partial charge < -0.3 is 4.74 Å². The Balaban J connectivity index is 1.89. The van der Waals surface area contributed by atoms with Crippen molar-refractivity contribution >= 4 is 17.7 Å². The maximum absolute atomic E-state index is 11.9. The monoisotopic (exact) mass is 298 g/mol. The van der Waals surface area contributed by atoms with E-state index in [1.807, 2.05) is 11.6 Å². The predicted octanol–water partition coefficient (Wildman–Crippen LogP) is 2.61. The average Bonchev–Trinajstić information content (AvgIpc) is 3.08. The molecule has 0 amide bonds. The van der Waals surface area contributed by atoms with Gasteiger partial charge in [0.15, 0.2) is 0 Å². The second kappa shape index (κ2) is 7.61. The van der Waals surface area contributed by atoms with Crippen molar-refractivity contribution in [3.63, 3.8) is 0 Å². The van der Waals surface area contributed by atoms with E-state index in [1.54, 1.807) is 0 Å². The molecule has 0 aromatic carbocycles. The Hall–Kier alpha value is -1.11. The van der Waals surface area contributed by atoms with E-state index in [-0.39, 0.29) is 11.2 Å². The molecule has 0 N–H and O–H groups in total. The van der Waals surface area contributed by atoms with Gasteiger partial charge in [-0.05, 0) is 36.6 Å². The van der Waals surface area contributed by atoms with Crippen LogP contribution in [0.5, 0.6) is 0 Å². The fraction of sp³-hybridized carbons (Fsp3) is 0.846. The van der Waals surface area contributed by atoms with Crippen molar-refractivity contribution in [1.82, 2.24) is 20.2 Å². The van der Waals surface area contributed by atoms with Crippen molar-refractivity contribution in [1.29, 1.82) is 0 Å². The van der Waals surface area contributed by atoms with Gasteiger partial charge in [0, 0.05) is 0 Å². The van der Waals surface area contributed by atoms with Crippen LogP contribution in [0.15, 0.2) is 5.16 Å². The number of ether oxygens (including phenoxy) is 1. The highest BCUT2D eigenvalue weighted by molar-refractivity contribution is 8.00. The first-order valence-corrected chi connectivity index (χ1v) is 8.21. The van der Waals surface area contributed by atoms with Gasteiger partial charge in [0.25, 0.3) is 0 Å². The molecule has 112 valence electrons. The maximum Gasteiger partial charge on any atom is 0.319 e. The second-order valence-electron chi connectivity index (χ2n) is 5.13. The van der Waals surface area contributed by atoms with Crippen molar-refractivity contribution < 1.29 is 9.53 Å². The number of esters is 1. The Bertz CT molecular complexity index is 432. The Morgan fingerprint density at radius 1 is 1.50 bits per heavy atom. The number of nitrogens with zero attached hydrogens (tertiary/aromatic N) is 4. The topological polar surface area (TPSA) is 69.9 Å². The first-order valence-electron chi connectivity index (χ1n) is 7.33. The summed E-state index contributed by atoms with van der Waals surface area (Å²) in [5.41, 5.74) is 0. The lowest BCUT2D eigenvalue weighted by Crippen LogP contribution is -2.19. The number of tetrazole rings is 1. The zero-order valence-electron chi connectivity index (χ0n) is 12.1. The first-order chi connectivity index (χ1) is 9.72. The minimum Gasteiger partial charge on any atom is -0.465 e. The fourth-order valence-electron chi connectivity index (χ4n) is 2.28. The molecule has 0 radical (unpaired) electrons. The van der Waals surface area contributed by atoms with Crippen LogP contribution in [0.4, 0.5) is 0 Å². The highest BCUT2D eigenvalue weighted by Gasteiger charge is 2.25. The van der Waals surface area contributed by atoms with E-state index in [2.05, 4.69) is 22.4 Å². The SMILES string of the molecule is CCCCOC(=O)C(C)Sc1nnnn1C1CCCC1. The van der Waals surface area contributed by atoms with E-state index >= 15 is 0 Å². The van der Waals surface area contributed by atoms with Crippen molar-refractivity contribution in [2.24, 2.45) is 0 Å². The minimum atomic E-state index is -0.280. The summed E-state index contributed by atoms with van der Waals surface area (Å²) in [6, 6.07) is 0.385. The Morgan fingerprint density at radius 2 is 2.25 bits per heavy atom. The van der Waals surface area contributed by atoms with E-state index in [0.29, 0.717) is 12.6 Å². The summed E-state index contributed by atoms with van der Waals surface area (Å²) in [7, 11) is 0. The van der Waals surface area contributed by atoms with E-state index in [4.69, 9.17) is 4.74 Å². The van der Waals surface area contributed by atoms with Crippen LogP contribution in [0.1, 0.15) is 58.4 Å².